The molecular weight excluding hydrogens is 187 g/mol. The van der Waals surface area contributed by atoms with Crippen molar-refractivity contribution in [2.45, 2.75) is 6.61 Å². The maximum absolute atomic E-state index is 5.57. The predicted molar refractivity (Wildman–Crippen MR) is 45.5 cm³/mol. The molecule has 0 unspecified atom stereocenters. The van der Waals surface area contributed by atoms with Crippen LogP contribution in [0.1, 0.15) is 5.69 Å². The quantitative estimate of drug-likeness (QED) is 0.575. The van der Waals surface area contributed by atoms with Crippen LogP contribution in [-0.2, 0) is 11.4 Å². The number of hydrogen-bond acceptors (Lipinski definition) is 3. The molecule has 0 aliphatic carbocycles. The van der Waals surface area contributed by atoms with Gasteiger partial charge in [0.2, 0.25) is 0 Å². The summed E-state index contributed by atoms with van der Waals surface area (Å²) in [6.45, 7) is 0.292. The Hall–Kier alpha value is -0.350. The zero-order valence-electron chi connectivity index (χ0n) is 5.66. The van der Waals surface area contributed by atoms with E-state index in [0.717, 1.165) is 5.69 Å². The Labute approximate surface area is 75.9 Å². The summed E-state index contributed by atoms with van der Waals surface area (Å²) >= 11 is 5.57. The number of halogens is 2. The van der Waals surface area contributed by atoms with Crippen LogP contribution in [-0.4, -0.2) is 4.98 Å². The Kier molecular flexibility index (Phi) is 5.15. The number of rotatable bonds is 2. The number of pyridine rings is 1. The van der Waals surface area contributed by atoms with Crippen molar-refractivity contribution < 1.29 is 4.84 Å². The summed E-state index contributed by atoms with van der Waals surface area (Å²) in [6, 6.07) is 5.28. The lowest BCUT2D eigenvalue weighted by atomic mass is 10.4. The van der Waals surface area contributed by atoms with Crippen LogP contribution in [0.4, 0.5) is 0 Å². The molecule has 11 heavy (non-hydrogen) atoms. The van der Waals surface area contributed by atoms with Crippen molar-refractivity contribution >= 4 is 24.0 Å². The fraction of sp³-hybridized carbons (Fsp3) is 0.167. The summed E-state index contributed by atoms with van der Waals surface area (Å²) in [5.41, 5.74) is 0.731. The van der Waals surface area contributed by atoms with Gasteiger partial charge in [0.25, 0.3) is 0 Å². The van der Waals surface area contributed by atoms with Crippen LogP contribution < -0.4 is 5.90 Å². The average Bonchev–Trinajstić information content (AvgIpc) is 1.88. The summed E-state index contributed by atoms with van der Waals surface area (Å²) in [5.74, 6) is 4.83. The van der Waals surface area contributed by atoms with Crippen molar-refractivity contribution in [3.63, 3.8) is 0 Å². The van der Waals surface area contributed by atoms with Crippen molar-refractivity contribution in [3.05, 3.63) is 29.0 Å². The summed E-state index contributed by atoms with van der Waals surface area (Å²) in [6.07, 6.45) is 0. The van der Waals surface area contributed by atoms with Crippen LogP contribution >= 0.6 is 24.0 Å². The van der Waals surface area contributed by atoms with Crippen LogP contribution in [0.15, 0.2) is 18.2 Å². The number of aromatic nitrogens is 1. The lowest BCUT2D eigenvalue weighted by molar-refractivity contribution is 0.121. The molecule has 1 aromatic rings. The topological polar surface area (TPSA) is 48.1 Å². The van der Waals surface area contributed by atoms with Crippen molar-refractivity contribution in [1.82, 2.24) is 4.98 Å². The van der Waals surface area contributed by atoms with Crippen molar-refractivity contribution in [2.24, 2.45) is 5.90 Å². The van der Waals surface area contributed by atoms with E-state index in [0.29, 0.717) is 11.8 Å². The SMILES string of the molecule is Cl.NOCc1cccc(Cl)n1. The van der Waals surface area contributed by atoms with E-state index in [2.05, 4.69) is 9.82 Å². The first-order valence-electron chi connectivity index (χ1n) is 2.76. The third-order valence-corrected chi connectivity index (χ3v) is 1.21. The van der Waals surface area contributed by atoms with E-state index in [-0.39, 0.29) is 12.4 Å². The fourth-order valence-electron chi connectivity index (χ4n) is 0.616. The van der Waals surface area contributed by atoms with Crippen molar-refractivity contribution in [2.75, 3.05) is 0 Å². The molecule has 0 aliphatic rings. The molecule has 2 N–H and O–H groups in total. The number of hydrogen-bond donors (Lipinski definition) is 1. The minimum absolute atomic E-state index is 0. The van der Waals surface area contributed by atoms with Gasteiger partial charge in [-0.25, -0.2) is 10.9 Å². The van der Waals surface area contributed by atoms with Gasteiger partial charge in [-0.1, -0.05) is 17.7 Å². The van der Waals surface area contributed by atoms with Gasteiger partial charge in [0, 0.05) is 0 Å². The molecule has 0 saturated heterocycles. The molecule has 0 atom stereocenters. The number of nitrogens with two attached hydrogens (primary N) is 1. The molecule has 0 spiro atoms. The molecule has 0 saturated carbocycles. The maximum Gasteiger partial charge on any atom is 0.129 e. The normalized spacial score (nSPS) is 8.91. The van der Waals surface area contributed by atoms with E-state index >= 15 is 0 Å². The van der Waals surface area contributed by atoms with Gasteiger partial charge in [-0.3, -0.25) is 4.84 Å². The van der Waals surface area contributed by atoms with Gasteiger partial charge in [0.05, 0.1) is 5.69 Å². The minimum Gasteiger partial charge on any atom is -0.298 e. The second kappa shape index (κ2) is 5.32. The Balaban J connectivity index is 0.000001000. The van der Waals surface area contributed by atoms with Gasteiger partial charge in [-0.2, -0.15) is 0 Å². The largest absolute Gasteiger partial charge is 0.298 e. The minimum atomic E-state index is 0. The summed E-state index contributed by atoms with van der Waals surface area (Å²) in [4.78, 5) is 8.29. The van der Waals surface area contributed by atoms with Crippen LogP contribution in [0.2, 0.25) is 5.15 Å². The van der Waals surface area contributed by atoms with E-state index in [4.69, 9.17) is 17.5 Å². The fourth-order valence-corrected chi connectivity index (χ4v) is 0.797. The van der Waals surface area contributed by atoms with E-state index in [1.165, 1.54) is 0 Å². The Morgan fingerprint density at radius 1 is 1.55 bits per heavy atom. The highest BCUT2D eigenvalue weighted by Crippen LogP contribution is 2.04. The molecule has 0 aromatic carbocycles. The molecule has 1 aromatic heterocycles. The summed E-state index contributed by atoms with van der Waals surface area (Å²) in [5, 5.41) is 0.453. The van der Waals surface area contributed by atoms with Gasteiger partial charge >= 0.3 is 0 Å². The average molecular weight is 195 g/mol. The van der Waals surface area contributed by atoms with E-state index < -0.39 is 0 Å². The second-order valence-electron chi connectivity index (χ2n) is 1.76. The zero-order chi connectivity index (χ0) is 7.40. The van der Waals surface area contributed by atoms with Gasteiger partial charge in [0.1, 0.15) is 11.8 Å². The Morgan fingerprint density at radius 2 is 2.27 bits per heavy atom. The highest BCUT2D eigenvalue weighted by Gasteiger charge is 1.92. The number of nitrogens with zero attached hydrogens (tertiary/aromatic N) is 1. The molecule has 0 aliphatic heterocycles. The van der Waals surface area contributed by atoms with Gasteiger partial charge < -0.3 is 0 Å². The van der Waals surface area contributed by atoms with Gasteiger partial charge in [0.15, 0.2) is 0 Å². The molecule has 62 valence electrons. The molecule has 0 fully saturated rings. The smallest absolute Gasteiger partial charge is 0.129 e. The second-order valence-corrected chi connectivity index (χ2v) is 2.15. The summed E-state index contributed by atoms with van der Waals surface area (Å²) < 4.78 is 0. The first-order chi connectivity index (χ1) is 4.83. The molecule has 5 heteroatoms. The van der Waals surface area contributed by atoms with Crippen molar-refractivity contribution in [3.8, 4) is 0 Å². The lowest BCUT2D eigenvalue weighted by Gasteiger charge is -1.96. The Bertz CT molecular complexity index is 219. The molecular formula is C6H8Cl2N2O. The summed E-state index contributed by atoms with van der Waals surface area (Å²) in [7, 11) is 0. The third kappa shape index (κ3) is 3.53. The van der Waals surface area contributed by atoms with Crippen molar-refractivity contribution in [1.29, 1.82) is 0 Å². The van der Waals surface area contributed by atoms with Crippen LogP contribution in [0.25, 0.3) is 0 Å². The van der Waals surface area contributed by atoms with E-state index in [9.17, 15) is 0 Å². The first kappa shape index (κ1) is 10.7. The first-order valence-corrected chi connectivity index (χ1v) is 3.14. The van der Waals surface area contributed by atoms with Crippen LogP contribution in [0.3, 0.4) is 0 Å². The molecule has 1 heterocycles. The molecule has 0 radical (unpaired) electrons. The maximum atomic E-state index is 5.57. The lowest BCUT2D eigenvalue weighted by Crippen LogP contribution is -2.00. The van der Waals surface area contributed by atoms with Crippen LogP contribution in [0.5, 0.6) is 0 Å². The van der Waals surface area contributed by atoms with E-state index in [1.54, 1.807) is 18.2 Å². The van der Waals surface area contributed by atoms with Crippen LogP contribution in [0, 0.1) is 0 Å². The highest BCUT2D eigenvalue weighted by molar-refractivity contribution is 6.29. The van der Waals surface area contributed by atoms with E-state index in [1.807, 2.05) is 0 Å². The third-order valence-electron chi connectivity index (χ3n) is 1.00. The molecule has 0 bridgehead atoms. The monoisotopic (exact) mass is 194 g/mol. The Morgan fingerprint density at radius 3 is 2.82 bits per heavy atom. The predicted octanol–water partition coefficient (Wildman–Crippen LogP) is 1.55. The molecule has 3 nitrogen and oxygen atoms in total. The molecule has 0 amide bonds. The zero-order valence-corrected chi connectivity index (χ0v) is 7.23. The molecule has 1 rings (SSSR count). The standard InChI is InChI=1S/C6H7ClN2O.ClH/c7-6-3-1-2-5(9-6)4-10-8;/h1-3H,4,8H2;1H. The highest BCUT2D eigenvalue weighted by atomic mass is 35.5. The van der Waals surface area contributed by atoms with Gasteiger partial charge in [-0.05, 0) is 12.1 Å². The van der Waals surface area contributed by atoms with Gasteiger partial charge in [-0.15, -0.1) is 12.4 Å².